The fourth-order valence-corrected chi connectivity index (χ4v) is 5.57. The molecule has 0 radical (unpaired) electrons. The molecular formula is C30H34N4O5. The van der Waals surface area contributed by atoms with Gasteiger partial charge < -0.3 is 9.64 Å². The van der Waals surface area contributed by atoms with E-state index in [-0.39, 0.29) is 30.4 Å². The highest BCUT2D eigenvalue weighted by Crippen LogP contribution is 2.24. The number of piperidine rings is 2. The number of likely N-dealkylation sites (tertiary alicyclic amines) is 1. The van der Waals surface area contributed by atoms with Crippen LogP contribution in [0.1, 0.15) is 55.1 Å². The van der Waals surface area contributed by atoms with E-state index in [1.165, 1.54) is 4.57 Å². The van der Waals surface area contributed by atoms with Crippen LogP contribution in [0.4, 0.5) is 0 Å². The SMILES string of the molecule is Cc1nc2ccc(CCC3CCN(C(=O)COCc4ccccc4)CC3)cc2c(=O)n1C1CCC(=O)NC1=O. The second-order valence-corrected chi connectivity index (χ2v) is 10.5. The zero-order chi connectivity index (χ0) is 27.4. The Kier molecular flexibility index (Phi) is 8.16. The summed E-state index contributed by atoms with van der Waals surface area (Å²) in [4.78, 5) is 56.4. The molecule has 0 aliphatic carbocycles. The molecule has 1 aromatic heterocycles. The van der Waals surface area contributed by atoms with Gasteiger partial charge in [-0.05, 0) is 68.2 Å². The second-order valence-electron chi connectivity index (χ2n) is 10.5. The molecule has 204 valence electrons. The number of fused-ring (bicyclic) bond motifs is 1. The van der Waals surface area contributed by atoms with Gasteiger partial charge in [0.1, 0.15) is 18.5 Å². The molecule has 2 saturated heterocycles. The Balaban J connectivity index is 1.15. The van der Waals surface area contributed by atoms with Gasteiger partial charge in [-0.25, -0.2) is 4.98 Å². The number of carbonyl (C=O) groups is 3. The van der Waals surface area contributed by atoms with Crippen LogP contribution in [0, 0.1) is 12.8 Å². The van der Waals surface area contributed by atoms with Crippen molar-refractivity contribution in [3.05, 3.63) is 75.8 Å². The number of nitrogens with one attached hydrogen (secondary N) is 1. The first-order valence-corrected chi connectivity index (χ1v) is 13.6. The average molecular weight is 531 g/mol. The Labute approximate surface area is 227 Å². The van der Waals surface area contributed by atoms with Gasteiger partial charge in [0.2, 0.25) is 17.7 Å². The van der Waals surface area contributed by atoms with E-state index in [1.807, 2.05) is 53.4 Å². The first-order chi connectivity index (χ1) is 18.9. The van der Waals surface area contributed by atoms with Gasteiger partial charge in [-0.3, -0.25) is 29.1 Å². The lowest BCUT2D eigenvalue weighted by Crippen LogP contribution is -2.45. The second kappa shape index (κ2) is 11.9. The van der Waals surface area contributed by atoms with E-state index in [4.69, 9.17) is 4.74 Å². The van der Waals surface area contributed by atoms with Crippen LogP contribution in [-0.2, 0) is 32.1 Å². The lowest BCUT2D eigenvalue weighted by molar-refractivity contribution is -0.138. The molecule has 2 aliphatic rings. The maximum absolute atomic E-state index is 13.4. The number of hydrogen-bond acceptors (Lipinski definition) is 6. The molecule has 2 aliphatic heterocycles. The normalized spacial score (nSPS) is 18.4. The van der Waals surface area contributed by atoms with Crippen molar-refractivity contribution < 1.29 is 19.1 Å². The summed E-state index contributed by atoms with van der Waals surface area (Å²) < 4.78 is 7.04. The predicted octanol–water partition coefficient (Wildman–Crippen LogP) is 3.07. The summed E-state index contributed by atoms with van der Waals surface area (Å²) in [5.41, 5.74) is 2.45. The maximum Gasteiger partial charge on any atom is 0.262 e. The summed E-state index contributed by atoms with van der Waals surface area (Å²) in [5.74, 6) is 0.229. The number of hydrogen-bond donors (Lipinski definition) is 1. The third kappa shape index (κ3) is 6.25. The number of nitrogens with zero attached hydrogens (tertiary/aromatic N) is 3. The maximum atomic E-state index is 13.4. The van der Waals surface area contributed by atoms with Crippen molar-refractivity contribution in [3.63, 3.8) is 0 Å². The minimum Gasteiger partial charge on any atom is -0.367 e. The van der Waals surface area contributed by atoms with Crippen molar-refractivity contribution in [2.75, 3.05) is 19.7 Å². The minimum atomic E-state index is -0.729. The molecule has 2 fully saturated rings. The number of rotatable bonds is 8. The van der Waals surface area contributed by atoms with E-state index >= 15 is 0 Å². The van der Waals surface area contributed by atoms with Crippen molar-refractivity contribution in [2.24, 2.45) is 5.92 Å². The average Bonchev–Trinajstić information content (AvgIpc) is 2.94. The number of aromatic nitrogens is 2. The summed E-state index contributed by atoms with van der Waals surface area (Å²) in [6.45, 7) is 3.71. The van der Waals surface area contributed by atoms with E-state index in [2.05, 4.69) is 10.3 Å². The molecular weight excluding hydrogens is 496 g/mol. The molecule has 1 N–H and O–H groups in total. The molecule has 1 atom stereocenters. The van der Waals surface area contributed by atoms with Crippen molar-refractivity contribution in [1.29, 1.82) is 0 Å². The quantitative estimate of drug-likeness (QED) is 0.448. The largest absolute Gasteiger partial charge is 0.367 e. The predicted molar refractivity (Wildman–Crippen MR) is 146 cm³/mol. The summed E-state index contributed by atoms with van der Waals surface area (Å²) in [6, 6.07) is 14.9. The topological polar surface area (TPSA) is 111 Å². The van der Waals surface area contributed by atoms with Gasteiger partial charge in [0, 0.05) is 19.5 Å². The van der Waals surface area contributed by atoms with Gasteiger partial charge in [0.15, 0.2) is 0 Å². The highest BCUT2D eigenvalue weighted by molar-refractivity contribution is 5.99. The summed E-state index contributed by atoms with van der Waals surface area (Å²) in [5, 5.41) is 2.81. The molecule has 2 aromatic carbocycles. The smallest absolute Gasteiger partial charge is 0.262 e. The molecule has 39 heavy (non-hydrogen) atoms. The van der Waals surface area contributed by atoms with Gasteiger partial charge in [0.25, 0.3) is 5.56 Å². The van der Waals surface area contributed by atoms with Crippen LogP contribution in [0.25, 0.3) is 10.9 Å². The van der Waals surface area contributed by atoms with E-state index in [1.54, 1.807) is 6.92 Å². The molecule has 5 rings (SSSR count). The zero-order valence-corrected chi connectivity index (χ0v) is 22.2. The lowest BCUT2D eigenvalue weighted by atomic mass is 9.90. The Morgan fingerprint density at radius 3 is 2.54 bits per heavy atom. The Bertz CT molecular complexity index is 1430. The highest BCUT2D eigenvalue weighted by atomic mass is 16.5. The fourth-order valence-electron chi connectivity index (χ4n) is 5.57. The summed E-state index contributed by atoms with van der Waals surface area (Å²) >= 11 is 0. The van der Waals surface area contributed by atoms with Gasteiger partial charge in [-0.1, -0.05) is 36.4 Å². The van der Waals surface area contributed by atoms with Crippen molar-refractivity contribution in [2.45, 2.75) is 58.1 Å². The van der Waals surface area contributed by atoms with E-state index in [9.17, 15) is 19.2 Å². The van der Waals surface area contributed by atoms with Crippen LogP contribution < -0.4 is 10.9 Å². The van der Waals surface area contributed by atoms with Gasteiger partial charge in [0.05, 0.1) is 17.5 Å². The molecule has 3 amide bonds. The number of amides is 3. The molecule has 0 saturated carbocycles. The molecule has 1 unspecified atom stereocenters. The fraction of sp³-hybridized carbons (Fsp3) is 0.433. The standard InChI is InChI=1S/C30H34N4O5/c1-20-31-25-10-9-22(17-24(25)30(38)34(20)26-11-12-27(35)32-29(26)37)8-7-21-13-15-33(16-14-21)28(36)19-39-18-23-5-3-2-4-6-23/h2-6,9-10,17,21,26H,7-8,11-16,18-19H2,1H3,(H,32,35,37). The van der Waals surface area contributed by atoms with E-state index in [0.29, 0.717) is 35.7 Å². The number of imide groups is 1. The Morgan fingerprint density at radius 1 is 1.03 bits per heavy atom. The van der Waals surface area contributed by atoms with Crippen molar-refractivity contribution >= 4 is 28.6 Å². The van der Waals surface area contributed by atoms with Crippen LogP contribution in [0.3, 0.4) is 0 Å². The Hall–Kier alpha value is -3.85. The first-order valence-electron chi connectivity index (χ1n) is 13.6. The van der Waals surface area contributed by atoms with E-state index in [0.717, 1.165) is 49.9 Å². The summed E-state index contributed by atoms with van der Waals surface area (Å²) in [6.07, 6.45) is 4.17. The lowest BCUT2D eigenvalue weighted by Gasteiger charge is -2.32. The highest BCUT2D eigenvalue weighted by Gasteiger charge is 2.30. The van der Waals surface area contributed by atoms with Gasteiger partial charge in [-0.2, -0.15) is 0 Å². The minimum absolute atomic E-state index is 0.0361. The molecule has 9 nitrogen and oxygen atoms in total. The van der Waals surface area contributed by atoms with Crippen LogP contribution in [0.15, 0.2) is 53.3 Å². The third-order valence-electron chi connectivity index (χ3n) is 7.81. The van der Waals surface area contributed by atoms with Crippen LogP contribution in [0.5, 0.6) is 0 Å². The number of carbonyl (C=O) groups excluding carboxylic acids is 3. The Morgan fingerprint density at radius 2 is 1.79 bits per heavy atom. The third-order valence-corrected chi connectivity index (χ3v) is 7.81. The summed E-state index contributed by atoms with van der Waals surface area (Å²) in [7, 11) is 0. The molecule has 0 spiro atoms. The van der Waals surface area contributed by atoms with Crippen molar-refractivity contribution in [3.8, 4) is 0 Å². The number of aryl methyl sites for hydroxylation is 2. The molecule has 0 bridgehead atoms. The van der Waals surface area contributed by atoms with Crippen LogP contribution >= 0.6 is 0 Å². The zero-order valence-electron chi connectivity index (χ0n) is 22.2. The number of benzene rings is 2. The first kappa shape index (κ1) is 26.7. The van der Waals surface area contributed by atoms with E-state index < -0.39 is 11.9 Å². The monoisotopic (exact) mass is 530 g/mol. The number of ether oxygens (including phenoxy) is 1. The van der Waals surface area contributed by atoms with Crippen LogP contribution in [0.2, 0.25) is 0 Å². The molecule has 3 heterocycles. The van der Waals surface area contributed by atoms with Crippen LogP contribution in [-0.4, -0.2) is 51.9 Å². The van der Waals surface area contributed by atoms with Crippen molar-refractivity contribution in [1.82, 2.24) is 19.8 Å². The van der Waals surface area contributed by atoms with Gasteiger partial charge >= 0.3 is 0 Å². The van der Waals surface area contributed by atoms with Gasteiger partial charge in [-0.15, -0.1) is 0 Å². The molecule has 9 heteroatoms. The molecule has 3 aromatic rings.